The topological polar surface area (TPSA) is 201 Å². The largest absolute Gasteiger partial charge is 0.459 e. The van der Waals surface area contributed by atoms with Crippen LogP contribution in [0.25, 0.3) is 6.08 Å². The number of hydrogen-bond acceptors (Lipinski definition) is 13. The molecule has 0 spiro atoms. The molecule has 2 amide bonds. The highest BCUT2D eigenvalue weighted by atomic mass is 16.7. The van der Waals surface area contributed by atoms with Crippen LogP contribution < -0.4 is 24.3 Å². The van der Waals surface area contributed by atoms with Crippen LogP contribution in [0.3, 0.4) is 0 Å². The van der Waals surface area contributed by atoms with E-state index in [1.807, 2.05) is 32.0 Å². The lowest BCUT2D eigenvalue weighted by Crippen LogP contribution is -2.70. The number of oxime groups is 1. The zero-order valence-corrected chi connectivity index (χ0v) is 36.9. The number of carbonyl (C=O) groups excluding carboxylic acids is 2. The number of unbranched alkanes of at least 4 members (excludes halogenated alkanes) is 2. The van der Waals surface area contributed by atoms with Crippen LogP contribution in [0, 0.1) is 27.9 Å². The van der Waals surface area contributed by atoms with Crippen molar-refractivity contribution < 1.29 is 53.2 Å². The number of fused-ring (bicyclic) bond motifs is 3. The fourth-order valence-electron chi connectivity index (χ4n) is 9.69. The zero-order chi connectivity index (χ0) is 45.9. The number of aliphatic hydroxyl groups excluding tert-OH is 2. The van der Waals surface area contributed by atoms with E-state index >= 15 is 4.79 Å². The molecule has 6 atom stereocenters. The zero-order valence-electron chi connectivity index (χ0n) is 36.9. The Hall–Kier alpha value is -6.23. The number of rotatable bonds is 21. The van der Waals surface area contributed by atoms with Gasteiger partial charge in [-0.15, -0.1) is 6.58 Å². The van der Waals surface area contributed by atoms with Crippen LogP contribution in [0.15, 0.2) is 96.2 Å². The van der Waals surface area contributed by atoms with Crippen molar-refractivity contribution in [1.29, 1.82) is 0 Å². The molecule has 1 fully saturated rings. The van der Waals surface area contributed by atoms with Gasteiger partial charge >= 0.3 is 6.09 Å². The van der Waals surface area contributed by atoms with Gasteiger partial charge in [-0.25, -0.2) is 4.79 Å². The summed E-state index contributed by atoms with van der Waals surface area (Å²) >= 11 is 0. The summed E-state index contributed by atoms with van der Waals surface area (Å²) in [6.07, 6.45) is 10.7. The summed E-state index contributed by atoms with van der Waals surface area (Å²) in [6, 6.07) is 15.9. The molecule has 2 aliphatic carbocycles. The lowest BCUT2D eigenvalue weighted by atomic mass is 9.55. The van der Waals surface area contributed by atoms with E-state index in [4.69, 9.17) is 33.7 Å². The molecule has 65 heavy (non-hydrogen) atoms. The van der Waals surface area contributed by atoms with E-state index in [1.165, 1.54) is 18.2 Å². The number of allylic oxidation sites excluding steroid dienone is 1. The molecule has 16 heteroatoms. The van der Waals surface area contributed by atoms with Gasteiger partial charge in [0.1, 0.15) is 24.1 Å². The Kier molecular flexibility index (Phi) is 15.6. The molecule has 1 saturated carbocycles. The number of ether oxygens (including phenoxy) is 5. The first-order valence-corrected chi connectivity index (χ1v) is 22.4. The molecule has 4 aliphatic rings. The monoisotopic (exact) mass is 894 g/mol. The molecule has 0 saturated heterocycles. The number of nitrogens with zero attached hydrogens (tertiary/aromatic N) is 3. The Morgan fingerprint density at radius 3 is 2.48 bits per heavy atom. The molecular weight excluding hydrogens is 837 g/mol. The highest BCUT2D eigenvalue weighted by Gasteiger charge is 2.65. The van der Waals surface area contributed by atoms with Gasteiger partial charge in [-0.1, -0.05) is 36.2 Å². The third-order valence-corrected chi connectivity index (χ3v) is 12.5. The molecule has 2 heterocycles. The summed E-state index contributed by atoms with van der Waals surface area (Å²) in [5, 5.41) is 38.7. The minimum Gasteiger partial charge on any atom is -0.459 e. The number of non-ortho nitro benzene ring substituents is 1. The maximum atomic E-state index is 15.1. The number of nitro groups is 1. The molecule has 6 unspecified atom stereocenters. The number of hydrogen-bond donors (Lipinski definition) is 3. The average molecular weight is 895 g/mol. The maximum Gasteiger partial charge on any atom is 0.412 e. The van der Waals surface area contributed by atoms with Gasteiger partial charge in [-0.3, -0.25) is 14.9 Å². The van der Waals surface area contributed by atoms with Crippen LogP contribution in [0.4, 0.5) is 10.5 Å². The number of amides is 2. The van der Waals surface area contributed by atoms with E-state index in [-0.39, 0.29) is 69.6 Å². The molecule has 3 aromatic carbocycles. The van der Waals surface area contributed by atoms with Gasteiger partial charge in [-0.05, 0) is 117 Å². The molecule has 16 nitrogen and oxygen atoms in total. The van der Waals surface area contributed by atoms with Gasteiger partial charge in [0.15, 0.2) is 11.5 Å². The molecule has 2 aliphatic heterocycles. The fraction of sp³-hybridized carbons (Fsp3) is 0.449. The summed E-state index contributed by atoms with van der Waals surface area (Å²) in [4.78, 5) is 46.4. The molecule has 7 rings (SSSR count). The Morgan fingerprint density at radius 2 is 1.75 bits per heavy atom. The standard InChI is InChI=1S/C49H58N4O12/c1-4-25-62-49-44(52(30-33-15-20-42-43(26-33)61-31-60-42)45(56)22-16-32-13-17-35(18-14-32)53(58)59)29-40(51-63-6-3)38-27-34(11-7-9-23-54)37(12-8-10-24-55)46(47(38)49)39-28-36(19-21-41(39)65-49)64-48(57)50-5-2/h4,13-22,26-28,34,37,44,46-47,54-55H,1,5-12,23-25,29-31H2,2-3H3,(H,50,57). The second-order valence-electron chi connectivity index (χ2n) is 16.4. The van der Waals surface area contributed by atoms with Gasteiger partial charge in [0.25, 0.3) is 5.69 Å². The Balaban J connectivity index is 1.44. The van der Waals surface area contributed by atoms with Crippen LogP contribution in [-0.4, -0.2) is 89.3 Å². The van der Waals surface area contributed by atoms with Gasteiger partial charge in [0.05, 0.1) is 23.2 Å². The van der Waals surface area contributed by atoms with Crippen LogP contribution in [0.5, 0.6) is 23.0 Å². The third kappa shape index (κ3) is 10.3. The van der Waals surface area contributed by atoms with Crippen LogP contribution in [0.1, 0.15) is 81.4 Å². The lowest BCUT2D eigenvalue weighted by molar-refractivity contribution is -0.384. The van der Waals surface area contributed by atoms with Gasteiger partial charge in [-0.2, -0.15) is 0 Å². The Bertz CT molecular complexity index is 2280. The number of aliphatic hydroxyl groups is 2. The van der Waals surface area contributed by atoms with Crippen molar-refractivity contribution in [1.82, 2.24) is 10.2 Å². The van der Waals surface area contributed by atoms with Gasteiger partial charge < -0.3 is 49.0 Å². The minimum atomic E-state index is -1.57. The smallest absolute Gasteiger partial charge is 0.412 e. The van der Waals surface area contributed by atoms with E-state index in [0.29, 0.717) is 60.1 Å². The molecule has 0 radical (unpaired) electrons. The molecule has 3 aromatic rings. The first kappa shape index (κ1) is 46.8. The number of nitrogens with one attached hydrogen (secondary N) is 1. The Labute approximate surface area is 378 Å². The van der Waals surface area contributed by atoms with Crippen LogP contribution >= 0.6 is 0 Å². The highest BCUT2D eigenvalue weighted by molar-refractivity contribution is 6.03. The SMILES string of the molecule is C=CCOC12Oc3ccc(OC(=O)NCC)cc3C3C(CCCCO)C(CCCCO)C=C(C(=NOCC)CC1N(Cc1ccc4c(c1)OCO4)C(=O)C=Cc1ccc([N+](=O)[O-])cc1)C32. The predicted molar refractivity (Wildman–Crippen MR) is 242 cm³/mol. The summed E-state index contributed by atoms with van der Waals surface area (Å²) in [5.74, 6) is -1.05. The molecular formula is C49H58N4O12. The minimum absolute atomic E-state index is 0.00751. The van der Waals surface area contributed by atoms with Crippen LogP contribution in [0.2, 0.25) is 0 Å². The van der Waals surface area contributed by atoms with Crippen molar-refractivity contribution in [2.75, 3.05) is 39.8 Å². The molecule has 0 aromatic heterocycles. The second kappa shape index (κ2) is 21.6. The summed E-state index contributed by atoms with van der Waals surface area (Å²) in [6.45, 7) is 8.63. The lowest BCUT2D eigenvalue weighted by Gasteiger charge is -2.60. The van der Waals surface area contributed by atoms with Crippen molar-refractivity contribution in [2.24, 2.45) is 22.9 Å². The fourth-order valence-corrected chi connectivity index (χ4v) is 9.69. The molecule has 3 N–H and O–H groups in total. The molecule has 346 valence electrons. The highest BCUT2D eigenvalue weighted by Crippen LogP contribution is 2.62. The summed E-state index contributed by atoms with van der Waals surface area (Å²) in [5.41, 5.74) is 3.52. The number of benzene rings is 3. The van der Waals surface area contributed by atoms with E-state index < -0.39 is 34.7 Å². The van der Waals surface area contributed by atoms with Gasteiger partial charge in [0, 0.05) is 62.4 Å². The number of carbonyl (C=O) groups is 2. The van der Waals surface area contributed by atoms with E-state index in [2.05, 4.69) is 18.0 Å². The van der Waals surface area contributed by atoms with Crippen LogP contribution in [-0.2, 0) is 20.9 Å². The van der Waals surface area contributed by atoms with Gasteiger partial charge in [0.2, 0.25) is 18.5 Å². The number of nitro benzene ring substituents is 1. The predicted octanol–water partition coefficient (Wildman–Crippen LogP) is 7.83. The van der Waals surface area contributed by atoms with Crippen molar-refractivity contribution in [3.05, 3.63) is 118 Å². The average Bonchev–Trinajstić information content (AvgIpc) is 3.78. The van der Waals surface area contributed by atoms with E-state index in [0.717, 1.165) is 36.0 Å². The maximum absolute atomic E-state index is 15.1. The first-order valence-electron chi connectivity index (χ1n) is 22.4. The normalized spacial score (nSPS) is 23.2. The summed E-state index contributed by atoms with van der Waals surface area (Å²) in [7, 11) is 0. The van der Waals surface area contributed by atoms with Crippen molar-refractivity contribution in [2.45, 2.75) is 83.1 Å². The molecule has 0 bridgehead atoms. The van der Waals surface area contributed by atoms with E-state index in [1.54, 1.807) is 47.4 Å². The van der Waals surface area contributed by atoms with Crippen molar-refractivity contribution >= 4 is 29.5 Å². The quantitative estimate of drug-likeness (QED) is 0.0308. The third-order valence-electron chi connectivity index (χ3n) is 12.5. The Morgan fingerprint density at radius 1 is 1.00 bits per heavy atom. The van der Waals surface area contributed by atoms with Crippen molar-refractivity contribution in [3.63, 3.8) is 0 Å². The second-order valence-corrected chi connectivity index (χ2v) is 16.4. The van der Waals surface area contributed by atoms with E-state index in [9.17, 15) is 25.1 Å². The van der Waals surface area contributed by atoms with Crippen molar-refractivity contribution in [3.8, 4) is 23.0 Å². The summed E-state index contributed by atoms with van der Waals surface area (Å²) < 4.78 is 31.6. The first-order chi connectivity index (χ1) is 31.6.